The lowest BCUT2D eigenvalue weighted by Gasteiger charge is -2.21. The predicted octanol–water partition coefficient (Wildman–Crippen LogP) is 4.12. The number of hydrogen-bond acceptors (Lipinski definition) is 6. The number of aliphatic imine (C=N–C) groups is 1. The van der Waals surface area contributed by atoms with Gasteiger partial charge in [0.05, 0.1) is 26.5 Å². The second-order valence-electron chi connectivity index (χ2n) is 7.88. The van der Waals surface area contributed by atoms with Crippen LogP contribution in [-0.4, -0.2) is 39.0 Å². The monoisotopic (exact) mass is 416 g/mol. The van der Waals surface area contributed by atoms with E-state index in [-0.39, 0.29) is 0 Å². The van der Waals surface area contributed by atoms with E-state index >= 15 is 0 Å². The molecule has 1 saturated carbocycles. The van der Waals surface area contributed by atoms with Crippen LogP contribution < -0.4 is 20.2 Å². The Morgan fingerprint density at radius 2 is 1.48 bits per heavy atom. The third-order valence-electron chi connectivity index (χ3n) is 5.58. The molecule has 0 atom stereocenters. The Balaban J connectivity index is 1.49. The molecule has 2 aromatic rings. The smallest absolute Gasteiger partial charge is 0.212 e. The largest absolute Gasteiger partial charge is 0.497 e. The summed E-state index contributed by atoms with van der Waals surface area (Å²) in [6.45, 7) is 1.84. The maximum Gasteiger partial charge on any atom is 0.212 e. The average molecular weight is 417 g/mol. The molecule has 160 valence electrons. The molecule has 1 aliphatic carbocycles. The van der Waals surface area contributed by atoms with Crippen LogP contribution in [0.25, 0.3) is 12.2 Å². The molecule has 2 aromatic carbocycles. The minimum Gasteiger partial charge on any atom is -0.497 e. The van der Waals surface area contributed by atoms with Gasteiger partial charge in [-0.1, -0.05) is 36.4 Å². The van der Waals surface area contributed by atoms with Crippen molar-refractivity contribution in [3.8, 4) is 11.5 Å². The second kappa shape index (κ2) is 9.51. The van der Waals surface area contributed by atoms with Crippen molar-refractivity contribution < 1.29 is 9.47 Å². The van der Waals surface area contributed by atoms with Crippen molar-refractivity contribution >= 4 is 23.8 Å². The summed E-state index contributed by atoms with van der Waals surface area (Å²) < 4.78 is 10.5. The van der Waals surface area contributed by atoms with Crippen LogP contribution in [0.3, 0.4) is 0 Å². The zero-order chi connectivity index (χ0) is 21.5. The van der Waals surface area contributed by atoms with Crippen LogP contribution in [0, 0.1) is 5.41 Å². The molecular formula is C25H28N4O2. The highest BCUT2D eigenvalue weighted by Crippen LogP contribution is 2.46. The lowest BCUT2D eigenvalue weighted by Crippen LogP contribution is -2.43. The summed E-state index contributed by atoms with van der Waals surface area (Å²) in [7, 11) is 3.33. The highest BCUT2D eigenvalue weighted by Gasteiger charge is 2.44. The first-order chi connectivity index (χ1) is 15.2. The third-order valence-corrected chi connectivity index (χ3v) is 5.58. The van der Waals surface area contributed by atoms with Gasteiger partial charge in [0.25, 0.3) is 0 Å². The molecule has 0 aromatic heterocycles. The van der Waals surface area contributed by atoms with E-state index in [4.69, 9.17) is 9.47 Å². The number of nitrogens with zero attached hydrogens (tertiary/aromatic N) is 2. The summed E-state index contributed by atoms with van der Waals surface area (Å²) in [5.41, 5.74) is 6.39. The van der Waals surface area contributed by atoms with Crippen LogP contribution in [0.15, 0.2) is 70.8 Å². The van der Waals surface area contributed by atoms with Gasteiger partial charge in [0, 0.05) is 12.0 Å². The molecule has 1 aliphatic heterocycles. The molecule has 1 heterocycles. The maximum atomic E-state index is 5.23. The zero-order valence-corrected chi connectivity index (χ0v) is 18.0. The first-order valence-corrected chi connectivity index (χ1v) is 10.4. The van der Waals surface area contributed by atoms with Crippen LogP contribution in [0.2, 0.25) is 0 Å². The van der Waals surface area contributed by atoms with Gasteiger partial charge in [-0.25, -0.2) is 5.43 Å². The number of methoxy groups -OCH3 is 2. The normalized spacial score (nSPS) is 16.6. The van der Waals surface area contributed by atoms with Crippen LogP contribution >= 0.6 is 0 Å². The molecule has 0 bridgehead atoms. The fraction of sp³-hybridized carbons (Fsp3) is 0.280. The molecule has 1 fully saturated rings. The number of nitrogens with one attached hydrogen (secondary N) is 2. The van der Waals surface area contributed by atoms with Gasteiger partial charge in [-0.2, -0.15) is 5.10 Å². The molecule has 6 nitrogen and oxygen atoms in total. The van der Waals surface area contributed by atoms with Gasteiger partial charge >= 0.3 is 0 Å². The molecule has 1 spiro atoms. The molecule has 0 amide bonds. The van der Waals surface area contributed by atoms with E-state index in [0.29, 0.717) is 5.41 Å². The SMILES string of the molecule is COc1ccc(/C=C/C(/C=C/c2ccc(OC)cc2)=NNC2=NCC3(CC3)CN2)cc1. The molecule has 0 radical (unpaired) electrons. The van der Waals surface area contributed by atoms with Crippen LogP contribution in [0.5, 0.6) is 11.5 Å². The number of guanidine groups is 1. The van der Waals surface area contributed by atoms with E-state index in [9.17, 15) is 0 Å². The number of hydrazone groups is 1. The Hall–Kier alpha value is -3.54. The number of hydrogen-bond donors (Lipinski definition) is 2. The number of ether oxygens (including phenoxy) is 2. The van der Waals surface area contributed by atoms with Gasteiger partial charge in [-0.05, 0) is 60.4 Å². The van der Waals surface area contributed by atoms with Crippen LogP contribution in [0.4, 0.5) is 0 Å². The number of benzene rings is 2. The molecule has 0 unspecified atom stereocenters. The van der Waals surface area contributed by atoms with Crippen molar-refractivity contribution in [1.29, 1.82) is 0 Å². The standard InChI is InChI=1S/C25H28N4O2/c1-30-22-11-5-19(6-12-22)3-9-21(10-4-20-7-13-23(31-2)14-8-20)28-29-24-26-17-25(15-16-25)18-27-24/h3-14H,15-18H2,1-2H3,(H2,26,27,29)/b9-3+,10-4+. The highest BCUT2D eigenvalue weighted by molar-refractivity contribution is 6.09. The lowest BCUT2D eigenvalue weighted by molar-refractivity contribution is 0.414. The first-order valence-electron chi connectivity index (χ1n) is 10.4. The third kappa shape index (κ3) is 5.75. The minimum atomic E-state index is 0.403. The van der Waals surface area contributed by atoms with E-state index in [0.717, 1.165) is 47.4 Å². The van der Waals surface area contributed by atoms with E-state index in [1.54, 1.807) is 14.2 Å². The Labute approximate surface area is 183 Å². The van der Waals surface area contributed by atoms with Crippen molar-refractivity contribution in [3.05, 3.63) is 71.8 Å². The Morgan fingerprint density at radius 1 is 0.935 bits per heavy atom. The van der Waals surface area contributed by atoms with Gasteiger partial charge in [0.2, 0.25) is 5.96 Å². The number of rotatable bonds is 7. The molecule has 4 rings (SSSR count). The van der Waals surface area contributed by atoms with Gasteiger partial charge in [0.15, 0.2) is 0 Å². The minimum absolute atomic E-state index is 0.403. The fourth-order valence-corrected chi connectivity index (χ4v) is 3.26. The summed E-state index contributed by atoms with van der Waals surface area (Å²) in [6.07, 6.45) is 10.5. The van der Waals surface area contributed by atoms with E-state index in [2.05, 4.69) is 20.8 Å². The van der Waals surface area contributed by atoms with Crippen molar-refractivity contribution in [2.45, 2.75) is 12.8 Å². The Kier molecular flexibility index (Phi) is 6.36. The van der Waals surface area contributed by atoms with Gasteiger partial charge in [-0.3, -0.25) is 4.99 Å². The zero-order valence-electron chi connectivity index (χ0n) is 18.0. The lowest BCUT2D eigenvalue weighted by atomic mass is 10.1. The van der Waals surface area contributed by atoms with Crippen molar-refractivity contribution in [2.24, 2.45) is 15.5 Å². The molecule has 31 heavy (non-hydrogen) atoms. The fourth-order valence-electron chi connectivity index (χ4n) is 3.26. The van der Waals surface area contributed by atoms with Crippen molar-refractivity contribution in [1.82, 2.24) is 10.7 Å². The Bertz CT molecular complexity index is 941. The number of allylic oxidation sites excluding steroid dienone is 2. The average Bonchev–Trinajstić information content (AvgIpc) is 3.59. The van der Waals surface area contributed by atoms with Gasteiger partial charge < -0.3 is 14.8 Å². The second-order valence-corrected chi connectivity index (χ2v) is 7.88. The predicted molar refractivity (Wildman–Crippen MR) is 127 cm³/mol. The van der Waals surface area contributed by atoms with E-state index in [1.807, 2.05) is 72.8 Å². The molecule has 2 aliphatic rings. The molecular weight excluding hydrogens is 388 g/mol. The molecule has 0 saturated heterocycles. The molecule has 6 heteroatoms. The maximum absolute atomic E-state index is 5.23. The van der Waals surface area contributed by atoms with Gasteiger partial charge in [-0.15, -0.1) is 0 Å². The topological polar surface area (TPSA) is 67.2 Å². The van der Waals surface area contributed by atoms with Crippen molar-refractivity contribution in [3.63, 3.8) is 0 Å². The quantitative estimate of drug-likeness (QED) is 0.526. The summed E-state index contributed by atoms with van der Waals surface area (Å²) in [4.78, 5) is 4.60. The van der Waals surface area contributed by atoms with Crippen LogP contribution in [-0.2, 0) is 0 Å². The van der Waals surface area contributed by atoms with Crippen molar-refractivity contribution in [2.75, 3.05) is 27.3 Å². The summed E-state index contributed by atoms with van der Waals surface area (Å²) in [6, 6.07) is 15.8. The summed E-state index contributed by atoms with van der Waals surface area (Å²) in [5, 5.41) is 7.92. The highest BCUT2D eigenvalue weighted by atomic mass is 16.5. The van der Waals surface area contributed by atoms with Gasteiger partial charge in [0.1, 0.15) is 11.5 Å². The van der Waals surface area contributed by atoms with Crippen LogP contribution in [0.1, 0.15) is 24.0 Å². The van der Waals surface area contributed by atoms with E-state index in [1.165, 1.54) is 12.8 Å². The first kappa shape index (κ1) is 20.7. The Morgan fingerprint density at radius 3 is 1.90 bits per heavy atom. The summed E-state index contributed by atoms with van der Waals surface area (Å²) >= 11 is 0. The molecule has 2 N–H and O–H groups in total. The summed E-state index contributed by atoms with van der Waals surface area (Å²) in [5.74, 6) is 2.40. The van der Waals surface area contributed by atoms with E-state index < -0.39 is 0 Å².